The molecular formula is C19H24N4O3S. The van der Waals surface area contributed by atoms with Crippen molar-refractivity contribution in [2.45, 2.75) is 43.3 Å². The van der Waals surface area contributed by atoms with Crippen LogP contribution in [0.1, 0.15) is 32.3 Å². The molecule has 0 saturated carbocycles. The Hall–Kier alpha value is -2.48. The second kappa shape index (κ2) is 8.04. The second-order valence-electron chi connectivity index (χ2n) is 6.93. The fourth-order valence-corrected chi connectivity index (χ4v) is 3.99. The fourth-order valence-electron chi connectivity index (χ4n) is 2.93. The lowest BCUT2D eigenvalue weighted by Gasteiger charge is -2.14. The smallest absolute Gasteiger partial charge is 0.228 e. The molecule has 0 aliphatic carbocycles. The lowest BCUT2D eigenvalue weighted by molar-refractivity contribution is -0.115. The van der Waals surface area contributed by atoms with E-state index in [1.165, 1.54) is 0 Å². The van der Waals surface area contributed by atoms with Gasteiger partial charge < -0.3 is 10.2 Å². The number of hydrogen-bond donors (Lipinski definition) is 1. The summed E-state index contributed by atoms with van der Waals surface area (Å²) in [6.07, 6.45) is 5.67. The first kappa shape index (κ1) is 19.3. The molecule has 144 valence electrons. The van der Waals surface area contributed by atoms with Crippen molar-refractivity contribution in [3.05, 3.63) is 42.2 Å². The van der Waals surface area contributed by atoms with Gasteiger partial charge in [0.05, 0.1) is 34.6 Å². The molecule has 2 heterocycles. The number of carbonyl (C=O) groups excluding carboxylic acids is 1. The maximum atomic E-state index is 12.2. The van der Waals surface area contributed by atoms with Crippen LogP contribution >= 0.6 is 0 Å². The average Bonchev–Trinajstić information content (AvgIpc) is 3.17. The topological polar surface area (TPSA) is 92.3 Å². The van der Waals surface area contributed by atoms with Gasteiger partial charge in [0.2, 0.25) is 11.9 Å². The van der Waals surface area contributed by atoms with Crippen molar-refractivity contribution in [1.29, 1.82) is 0 Å². The van der Waals surface area contributed by atoms with E-state index in [0.29, 0.717) is 11.6 Å². The molecule has 0 bridgehead atoms. The van der Waals surface area contributed by atoms with Gasteiger partial charge in [0.1, 0.15) is 0 Å². The molecule has 1 N–H and O–H groups in total. The van der Waals surface area contributed by atoms with Crippen LogP contribution in [0.25, 0.3) is 0 Å². The Morgan fingerprint density at radius 3 is 2.26 bits per heavy atom. The van der Waals surface area contributed by atoms with Gasteiger partial charge in [-0.15, -0.1) is 0 Å². The molecule has 1 aliphatic rings. The van der Waals surface area contributed by atoms with E-state index >= 15 is 0 Å². The van der Waals surface area contributed by atoms with E-state index in [4.69, 9.17) is 0 Å². The lowest BCUT2D eigenvalue weighted by Crippen LogP contribution is -2.21. The zero-order valence-corrected chi connectivity index (χ0v) is 16.4. The lowest BCUT2D eigenvalue weighted by atomic mass is 10.1. The summed E-state index contributed by atoms with van der Waals surface area (Å²) >= 11 is 0. The van der Waals surface area contributed by atoms with Crippen LogP contribution in [-0.2, 0) is 21.1 Å². The first-order chi connectivity index (χ1) is 12.9. The molecule has 1 fully saturated rings. The summed E-state index contributed by atoms with van der Waals surface area (Å²) in [6, 6.07) is 6.43. The molecule has 1 saturated heterocycles. The SMILES string of the molecule is CC(C)S(=O)(=O)c1ccc(CC(=O)Nc2cnc(N3CCCC3)nc2)cc1. The minimum Gasteiger partial charge on any atom is -0.341 e. The van der Waals surface area contributed by atoms with Gasteiger partial charge in [-0.05, 0) is 44.4 Å². The maximum absolute atomic E-state index is 12.2. The van der Waals surface area contributed by atoms with Crippen molar-refractivity contribution in [3.63, 3.8) is 0 Å². The number of carbonyl (C=O) groups is 1. The van der Waals surface area contributed by atoms with E-state index in [9.17, 15) is 13.2 Å². The summed E-state index contributed by atoms with van der Waals surface area (Å²) in [5.41, 5.74) is 1.28. The first-order valence-corrected chi connectivity index (χ1v) is 10.6. The van der Waals surface area contributed by atoms with E-state index in [1.807, 2.05) is 0 Å². The number of anilines is 2. The van der Waals surface area contributed by atoms with E-state index in [-0.39, 0.29) is 17.2 Å². The normalized spacial score (nSPS) is 14.6. The monoisotopic (exact) mass is 388 g/mol. The van der Waals surface area contributed by atoms with Crippen molar-refractivity contribution in [2.75, 3.05) is 23.3 Å². The third kappa shape index (κ3) is 4.63. The van der Waals surface area contributed by atoms with Gasteiger partial charge in [-0.25, -0.2) is 18.4 Å². The standard InChI is InChI=1S/C19H24N4O3S/c1-14(2)27(25,26)17-7-5-15(6-8-17)11-18(24)22-16-12-20-19(21-13-16)23-9-3-4-10-23/h5-8,12-14H,3-4,9-11H2,1-2H3,(H,22,24). The Bertz CT molecular complexity index is 888. The van der Waals surface area contributed by atoms with E-state index in [2.05, 4.69) is 20.2 Å². The van der Waals surface area contributed by atoms with Gasteiger partial charge in [0.15, 0.2) is 9.84 Å². The van der Waals surface area contributed by atoms with Crippen molar-refractivity contribution in [1.82, 2.24) is 9.97 Å². The highest BCUT2D eigenvalue weighted by Gasteiger charge is 2.19. The summed E-state index contributed by atoms with van der Waals surface area (Å²) in [4.78, 5) is 23.2. The quantitative estimate of drug-likeness (QED) is 0.817. The van der Waals surface area contributed by atoms with Crippen molar-refractivity contribution >= 4 is 27.4 Å². The van der Waals surface area contributed by atoms with Gasteiger partial charge in [-0.3, -0.25) is 4.79 Å². The summed E-state index contributed by atoms with van der Waals surface area (Å²) in [5, 5.41) is 2.29. The minimum absolute atomic E-state index is 0.149. The van der Waals surface area contributed by atoms with Gasteiger partial charge in [-0.2, -0.15) is 0 Å². The summed E-state index contributed by atoms with van der Waals surface area (Å²) in [7, 11) is -3.30. The highest BCUT2D eigenvalue weighted by molar-refractivity contribution is 7.92. The third-order valence-electron chi connectivity index (χ3n) is 4.55. The van der Waals surface area contributed by atoms with E-state index in [0.717, 1.165) is 31.5 Å². The van der Waals surface area contributed by atoms with Crippen LogP contribution in [-0.4, -0.2) is 42.6 Å². The molecule has 27 heavy (non-hydrogen) atoms. The van der Waals surface area contributed by atoms with Crippen LogP contribution in [0.5, 0.6) is 0 Å². The van der Waals surface area contributed by atoms with E-state index < -0.39 is 15.1 Å². The number of hydrogen-bond acceptors (Lipinski definition) is 6. The Labute approximate surface area is 159 Å². The highest BCUT2D eigenvalue weighted by Crippen LogP contribution is 2.18. The zero-order chi connectivity index (χ0) is 19.4. The van der Waals surface area contributed by atoms with Crippen molar-refractivity contribution in [3.8, 4) is 0 Å². The highest BCUT2D eigenvalue weighted by atomic mass is 32.2. The van der Waals surface area contributed by atoms with Gasteiger partial charge in [0.25, 0.3) is 0 Å². The Kier molecular flexibility index (Phi) is 5.74. The molecule has 2 aromatic rings. The molecule has 1 amide bonds. The Morgan fingerprint density at radius 2 is 1.70 bits per heavy atom. The Morgan fingerprint density at radius 1 is 1.11 bits per heavy atom. The second-order valence-corrected chi connectivity index (χ2v) is 9.43. The minimum atomic E-state index is -3.30. The van der Waals surface area contributed by atoms with Gasteiger partial charge in [0, 0.05) is 13.1 Å². The molecule has 1 aromatic heterocycles. The molecule has 1 aliphatic heterocycles. The first-order valence-electron chi connectivity index (χ1n) is 9.06. The van der Waals surface area contributed by atoms with Crippen LogP contribution in [0.2, 0.25) is 0 Å². The van der Waals surface area contributed by atoms with Crippen LogP contribution in [0, 0.1) is 0 Å². The van der Waals surface area contributed by atoms with Crippen LogP contribution in [0.4, 0.5) is 11.6 Å². The summed E-state index contributed by atoms with van der Waals surface area (Å²) in [5.74, 6) is 0.486. The molecule has 8 heteroatoms. The van der Waals surface area contributed by atoms with Crippen LogP contribution < -0.4 is 10.2 Å². The number of rotatable bonds is 6. The number of sulfone groups is 1. The Balaban J connectivity index is 1.59. The molecular weight excluding hydrogens is 364 g/mol. The average molecular weight is 388 g/mol. The summed E-state index contributed by atoms with van der Waals surface area (Å²) < 4.78 is 24.3. The molecule has 0 atom stereocenters. The van der Waals surface area contributed by atoms with Gasteiger partial charge in [-0.1, -0.05) is 12.1 Å². The fraction of sp³-hybridized carbons (Fsp3) is 0.421. The van der Waals surface area contributed by atoms with E-state index in [1.54, 1.807) is 50.5 Å². The molecule has 7 nitrogen and oxygen atoms in total. The summed E-state index contributed by atoms with van der Waals surface area (Å²) in [6.45, 7) is 5.23. The van der Waals surface area contributed by atoms with Crippen LogP contribution in [0.3, 0.4) is 0 Å². The van der Waals surface area contributed by atoms with Crippen molar-refractivity contribution < 1.29 is 13.2 Å². The molecule has 1 aromatic carbocycles. The molecule has 3 rings (SSSR count). The maximum Gasteiger partial charge on any atom is 0.228 e. The zero-order valence-electron chi connectivity index (χ0n) is 15.6. The largest absolute Gasteiger partial charge is 0.341 e. The third-order valence-corrected chi connectivity index (χ3v) is 6.72. The molecule has 0 unspecified atom stereocenters. The number of amides is 1. The molecule has 0 spiro atoms. The molecule has 0 radical (unpaired) electrons. The predicted octanol–water partition coefficient (Wildman–Crippen LogP) is 2.44. The number of aromatic nitrogens is 2. The number of nitrogens with zero attached hydrogens (tertiary/aromatic N) is 3. The number of benzene rings is 1. The number of nitrogens with one attached hydrogen (secondary N) is 1. The van der Waals surface area contributed by atoms with Crippen molar-refractivity contribution in [2.24, 2.45) is 0 Å². The van der Waals surface area contributed by atoms with Crippen LogP contribution in [0.15, 0.2) is 41.6 Å². The van der Waals surface area contributed by atoms with Gasteiger partial charge >= 0.3 is 0 Å². The predicted molar refractivity (Wildman–Crippen MR) is 105 cm³/mol.